The van der Waals surface area contributed by atoms with Gasteiger partial charge in [0.05, 0.1) is 25.8 Å². The van der Waals surface area contributed by atoms with Crippen molar-refractivity contribution in [3.63, 3.8) is 0 Å². The van der Waals surface area contributed by atoms with Crippen LogP contribution in [0.3, 0.4) is 0 Å². The van der Waals surface area contributed by atoms with Crippen molar-refractivity contribution >= 4 is 17.2 Å². The number of benzene rings is 1. The van der Waals surface area contributed by atoms with Crippen LogP contribution < -0.4 is 14.8 Å². The lowest BCUT2D eigenvalue weighted by molar-refractivity contribution is 0.0938. The SMILES string of the molecule is COc1cccc(C(=O)NC[C@H](c2ccsc2)N(C)C)c1OC. The first-order valence-corrected chi connectivity index (χ1v) is 8.20. The van der Waals surface area contributed by atoms with Crippen molar-refractivity contribution < 1.29 is 14.3 Å². The van der Waals surface area contributed by atoms with Crippen LogP contribution in [0.5, 0.6) is 11.5 Å². The van der Waals surface area contributed by atoms with Crippen LogP contribution in [0.4, 0.5) is 0 Å². The molecule has 0 saturated carbocycles. The van der Waals surface area contributed by atoms with E-state index in [1.54, 1.807) is 36.6 Å². The van der Waals surface area contributed by atoms with E-state index in [0.717, 1.165) is 0 Å². The summed E-state index contributed by atoms with van der Waals surface area (Å²) in [5.74, 6) is 0.814. The molecule has 2 rings (SSSR count). The Balaban J connectivity index is 2.13. The minimum Gasteiger partial charge on any atom is -0.493 e. The van der Waals surface area contributed by atoms with Crippen LogP contribution in [0.25, 0.3) is 0 Å². The summed E-state index contributed by atoms with van der Waals surface area (Å²) in [5.41, 5.74) is 1.66. The van der Waals surface area contributed by atoms with E-state index in [-0.39, 0.29) is 11.9 Å². The second-order valence-electron chi connectivity index (χ2n) is 5.29. The van der Waals surface area contributed by atoms with Crippen LogP contribution in [-0.4, -0.2) is 45.7 Å². The van der Waals surface area contributed by atoms with Crippen molar-refractivity contribution in [1.29, 1.82) is 0 Å². The average Bonchev–Trinajstić information content (AvgIpc) is 3.07. The fourth-order valence-corrected chi connectivity index (χ4v) is 3.12. The lowest BCUT2D eigenvalue weighted by Crippen LogP contribution is -2.34. The van der Waals surface area contributed by atoms with Crippen molar-refractivity contribution in [3.05, 3.63) is 46.2 Å². The summed E-state index contributed by atoms with van der Waals surface area (Å²) in [7, 11) is 7.09. The summed E-state index contributed by atoms with van der Waals surface area (Å²) in [6.45, 7) is 0.517. The quantitative estimate of drug-likeness (QED) is 0.846. The van der Waals surface area contributed by atoms with Crippen LogP contribution in [0.1, 0.15) is 22.0 Å². The summed E-state index contributed by atoms with van der Waals surface area (Å²) < 4.78 is 10.6. The first kappa shape index (κ1) is 17.3. The number of para-hydroxylation sites is 1. The Morgan fingerprint density at radius 3 is 2.61 bits per heavy atom. The number of hydrogen-bond acceptors (Lipinski definition) is 5. The van der Waals surface area contributed by atoms with Crippen LogP contribution >= 0.6 is 11.3 Å². The standard InChI is InChI=1S/C17H22N2O3S/c1-19(2)14(12-8-9-23-11-12)10-18-17(20)13-6-5-7-15(21-3)16(13)22-4/h5-9,11,14H,10H2,1-4H3,(H,18,20)/t14-/m1/s1. The Morgan fingerprint density at radius 2 is 2.04 bits per heavy atom. The predicted octanol–water partition coefficient (Wildman–Crippen LogP) is 2.80. The third-order valence-electron chi connectivity index (χ3n) is 3.65. The molecular formula is C17H22N2O3S. The van der Waals surface area contributed by atoms with E-state index >= 15 is 0 Å². The maximum Gasteiger partial charge on any atom is 0.255 e. The zero-order valence-corrected chi connectivity index (χ0v) is 14.6. The second-order valence-corrected chi connectivity index (χ2v) is 6.07. The molecule has 1 amide bonds. The van der Waals surface area contributed by atoms with Crippen molar-refractivity contribution in [2.75, 3.05) is 34.9 Å². The highest BCUT2D eigenvalue weighted by Gasteiger charge is 2.19. The van der Waals surface area contributed by atoms with Gasteiger partial charge in [0.2, 0.25) is 0 Å². The number of hydrogen-bond donors (Lipinski definition) is 1. The monoisotopic (exact) mass is 334 g/mol. The van der Waals surface area contributed by atoms with Crippen molar-refractivity contribution in [3.8, 4) is 11.5 Å². The fourth-order valence-electron chi connectivity index (χ4n) is 2.41. The summed E-state index contributed by atoms with van der Waals surface area (Å²) in [6.07, 6.45) is 0. The van der Waals surface area contributed by atoms with E-state index in [4.69, 9.17) is 9.47 Å². The van der Waals surface area contributed by atoms with Gasteiger partial charge in [-0.05, 0) is 48.6 Å². The van der Waals surface area contributed by atoms with Crippen molar-refractivity contribution in [1.82, 2.24) is 10.2 Å². The lowest BCUT2D eigenvalue weighted by atomic mass is 10.1. The lowest BCUT2D eigenvalue weighted by Gasteiger charge is -2.24. The number of carbonyl (C=O) groups is 1. The number of carbonyl (C=O) groups excluding carboxylic acids is 1. The maximum absolute atomic E-state index is 12.5. The van der Waals surface area contributed by atoms with Gasteiger partial charge in [0.1, 0.15) is 0 Å². The number of likely N-dealkylation sites (N-methyl/N-ethyl adjacent to an activating group) is 1. The molecule has 1 heterocycles. The number of amides is 1. The molecular weight excluding hydrogens is 312 g/mol. The van der Waals surface area contributed by atoms with Crippen LogP contribution in [0, 0.1) is 0 Å². The fraction of sp³-hybridized carbons (Fsp3) is 0.353. The number of thiophene rings is 1. The molecule has 5 nitrogen and oxygen atoms in total. The molecule has 0 aliphatic carbocycles. The molecule has 0 aliphatic rings. The number of nitrogens with zero attached hydrogens (tertiary/aromatic N) is 1. The van der Waals surface area contributed by atoms with E-state index in [1.807, 2.05) is 19.5 Å². The van der Waals surface area contributed by atoms with E-state index < -0.39 is 0 Å². The number of methoxy groups -OCH3 is 2. The Bertz CT molecular complexity index is 641. The van der Waals surface area contributed by atoms with Gasteiger partial charge in [-0.25, -0.2) is 0 Å². The molecule has 124 valence electrons. The summed E-state index contributed by atoms with van der Waals surface area (Å²) in [5, 5.41) is 7.12. The van der Waals surface area contributed by atoms with Gasteiger partial charge in [-0.1, -0.05) is 6.07 Å². The zero-order chi connectivity index (χ0) is 16.8. The molecule has 0 fully saturated rings. The summed E-state index contributed by atoms with van der Waals surface area (Å²) >= 11 is 1.65. The van der Waals surface area contributed by atoms with Gasteiger partial charge in [0.15, 0.2) is 11.5 Å². The van der Waals surface area contributed by atoms with Gasteiger partial charge in [0, 0.05) is 6.54 Å². The Hall–Kier alpha value is -2.05. The average molecular weight is 334 g/mol. The molecule has 1 atom stereocenters. The molecule has 1 aromatic heterocycles. The number of rotatable bonds is 7. The Morgan fingerprint density at radius 1 is 1.26 bits per heavy atom. The molecule has 1 N–H and O–H groups in total. The highest BCUT2D eigenvalue weighted by atomic mass is 32.1. The van der Waals surface area contributed by atoms with Crippen LogP contribution in [-0.2, 0) is 0 Å². The number of ether oxygens (including phenoxy) is 2. The van der Waals surface area contributed by atoms with Gasteiger partial charge >= 0.3 is 0 Å². The molecule has 0 unspecified atom stereocenters. The molecule has 0 bridgehead atoms. The molecule has 0 spiro atoms. The second kappa shape index (κ2) is 7.99. The normalized spacial score (nSPS) is 12.0. The molecule has 0 radical (unpaired) electrons. The first-order chi connectivity index (χ1) is 11.1. The van der Waals surface area contributed by atoms with Gasteiger partial charge in [0.25, 0.3) is 5.91 Å². The van der Waals surface area contributed by atoms with E-state index in [9.17, 15) is 4.79 Å². The zero-order valence-electron chi connectivity index (χ0n) is 13.8. The minimum atomic E-state index is -0.178. The Labute approximate surface area is 140 Å². The predicted molar refractivity (Wildman–Crippen MR) is 92.6 cm³/mol. The van der Waals surface area contributed by atoms with Crippen LogP contribution in [0.2, 0.25) is 0 Å². The molecule has 2 aromatic rings. The van der Waals surface area contributed by atoms with Gasteiger partial charge < -0.3 is 19.7 Å². The van der Waals surface area contributed by atoms with E-state index in [0.29, 0.717) is 23.6 Å². The molecule has 0 saturated heterocycles. The number of nitrogens with one attached hydrogen (secondary N) is 1. The maximum atomic E-state index is 12.5. The third kappa shape index (κ3) is 4.03. The van der Waals surface area contributed by atoms with Crippen LogP contribution in [0.15, 0.2) is 35.0 Å². The molecule has 0 aliphatic heterocycles. The highest BCUT2D eigenvalue weighted by molar-refractivity contribution is 7.07. The summed E-state index contributed by atoms with van der Waals surface area (Å²) in [4.78, 5) is 14.6. The summed E-state index contributed by atoms with van der Waals surface area (Å²) in [6, 6.07) is 7.48. The van der Waals surface area contributed by atoms with Gasteiger partial charge in [-0.15, -0.1) is 0 Å². The minimum absolute atomic E-state index is 0.127. The van der Waals surface area contributed by atoms with E-state index in [2.05, 4.69) is 21.7 Å². The highest BCUT2D eigenvalue weighted by Crippen LogP contribution is 2.30. The third-order valence-corrected chi connectivity index (χ3v) is 4.36. The molecule has 6 heteroatoms. The van der Waals surface area contributed by atoms with Gasteiger partial charge in [-0.2, -0.15) is 11.3 Å². The topological polar surface area (TPSA) is 50.8 Å². The van der Waals surface area contributed by atoms with Crippen molar-refractivity contribution in [2.24, 2.45) is 0 Å². The molecule has 1 aromatic carbocycles. The smallest absolute Gasteiger partial charge is 0.255 e. The first-order valence-electron chi connectivity index (χ1n) is 7.26. The molecule has 23 heavy (non-hydrogen) atoms. The van der Waals surface area contributed by atoms with E-state index in [1.165, 1.54) is 12.7 Å². The van der Waals surface area contributed by atoms with Crippen molar-refractivity contribution in [2.45, 2.75) is 6.04 Å². The largest absolute Gasteiger partial charge is 0.493 e. The van der Waals surface area contributed by atoms with Gasteiger partial charge in [-0.3, -0.25) is 4.79 Å². The Kier molecular flexibility index (Phi) is 6.01.